The first-order valence-corrected chi connectivity index (χ1v) is 5.66. The zero-order valence-electron chi connectivity index (χ0n) is 8.93. The second-order valence-electron chi connectivity index (χ2n) is 3.48. The molecule has 0 saturated heterocycles. The Labute approximate surface area is 99.9 Å². The second-order valence-corrected chi connectivity index (χ2v) is 4.56. The fraction of sp³-hybridized carbons (Fsp3) is 0.182. The molecule has 17 heavy (non-hydrogen) atoms. The quantitative estimate of drug-likeness (QED) is 0.899. The van der Waals surface area contributed by atoms with Crippen LogP contribution in [0.25, 0.3) is 10.6 Å². The first-order valence-electron chi connectivity index (χ1n) is 4.84. The summed E-state index contributed by atoms with van der Waals surface area (Å²) in [4.78, 5) is 4.79. The number of aromatic nitrogens is 1. The molecule has 0 saturated carbocycles. The summed E-state index contributed by atoms with van der Waals surface area (Å²) in [7, 11) is 0. The molecule has 90 valence electrons. The summed E-state index contributed by atoms with van der Waals surface area (Å²) in [6.45, 7) is 1.97. The van der Waals surface area contributed by atoms with E-state index in [0.717, 1.165) is 16.2 Å². The van der Waals surface area contributed by atoms with Gasteiger partial charge >= 0.3 is 0 Å². The lowest BCUT2D eigenvalue weighted by molar-refractivity contribution is 0.548. The monoisotopic (exact) mass is 258 g/mol. The predicted molar refractivity (Wildman–Crippen MR) is 60.1 cm³/mol. The van der Waals surface area contributed by atoms with Crippen LogP contribution in [0, 0.1) is 24.4 Å². The van der Waals surface area contributed by atoms with Gasteiger partial charge in [-0.05, 0) is 6.92 Å². The van der Waals surface area contributed by atoms with Gasteiger partial charge in [0.2, 0.25) is 0 Å². The number of aryl methyl sites for hydroxylation is 1. The summed E-state index contributed by atoms with van der Waals surface area (Å²) in [6.07, 6.45) is 0. The molecule has 0 aliphatic heterocycles. The maximum absolute atomic E-state index is 13.5. The molecule has 0 amide bonds. The maximum Gasteiger partial charge on any atom is 0.139 e. The van der Waals surface area contributed by atoms with Gasteiger partial charge in [0, 0.05) is 23.6 Å². The topological polar surface area (TPSA) is 38.9 Å². The summed E-state index contributed by atoms with van der Waals surface area (Å²) in [5, 5.41) is 0.179. The minimum Gasteiger partial charge on any atom is -0.326 e. The molecule has 0 bridgehead atoms. The number of nitrogens with two attached hydrogens (primary N) is 1. The second kappa shape index (κ2) is 4.46. The maximum atomic E-state index is 13.5. The van der Waals surface area contributed by atoms with Crippen molar-refractivity contribution in [1.29, 1.82) is 0 Å². The first-order chi connectivity index (χ1) is 8.02. The average Bonchev–Trinajstić information content (AvgIpc) is 2.57. The van der Waals surface area contributed by atoms with Crippen molar-refractivity contribution in [3.63, 3.8) is 0 Å². The smallest absolute Gasteiger partial charge is 0.139 e. The number of benzene rings is 1. The Balaban J connectivity index is 2.60. The highest BCUT2D eigenvalue weighted by Crippen LogP contribution is 2.32. The lowest BCUT2D eigenvalue weighted by atomic mass is 10.2. The molecule has 0 unspecified atom stereocenters. The van der Waals surface area contributed by atoms with Gasteiger partial charge < -0.3 is 5.73 Å². The van der Waals surface area contributed by atoms with Crippen LogP contribution < -0.4 is 5.73 Å². The van der Waals surface area contributed by atoms with Crippen LogP contribution in [-0.2, 0) is 6.54 Å². The zero-order valence-corrected chi connectivity index (χ0v) is 9.75. The average molecular weight is 258 g/mol. The lowest BCUT2D eigenvalue weighted by Crippen LogP contribution is -1.94. The normalized spacial score (nSPS) is 10.9. The van der Waals surface area contributed by atoms with Crippen molar-refractivity contribution in [1.82, 2.24) is 4.98 Å². The number of rotatable bonds is 2. The van der Waals surface area contributed by atoms with Crippen LogP contribution in [-0.4, -0.2) is 4.98 Å². The molecule has 0 aliphatic carbocycles. The van der Waals surface area contributed by atoms with Gasteiger partial charge in [0.05, 0.1) is 11.3 Å². The molecular weight excluding hydrogens is 249 g/mol. The minimum absolute atomic E-state index is 0.179. The number of nitrogens with zero attached hydrogens (tertiary/aromatic N) is 1. The molecule has 2 rings (SSSR count). The summed E-state index contributed by atoms with van der Waals surface area (Å²) in [5.41, 5.74) is 5.79. The molecule has 2 nitrogen and oxygen atoms in total. The van der Waals surface area contributed by atoms with Crippen molar-refractivity contribution in [3.05, 3.63) is 40.2 Å². The van der Waals surface area contributed by atoms with E-state index in [1.807, 2.05) is 0 Å². The Morgan fingerprint density at radius 3 is 2.29 bits per heavy atom. The Kier molecular flexibility index (Phi) is 3.17. The molecule has 0 atom stereocenters. The highest BCUT2D eigenvalue weighted by atomic mass is 32.1. The third kappa shape index (κ3) is 2.18. The van der Waals surface area contributed by atoms with Crippen LogP contribution in [0.15, 0.2) is 12.1 Å². The largest absolute Gasteiger partial charge is 0.326 e. The van der Waals surface area contributed by atoms with Crippen LogP contribution in [0.2, 0.25) is 0 Å². The molecular formula is C11H9F3N2S. The summed E-state index contributed by atoms with van der Waals surface area (Å²) >= 11 is 1.11. The summed E-state index contributed by atoms with van der Waals surface area (Å²) < 4.78 is 39.8. The molecule has 0 spiro atoms. The van der Waals surface area contributed by atoms with Crippen molar-refractivity contribution in [2.24, 2.45) is 5.73 Å². The predicted octanol–water partition coefficient (Wildman–Crippen LogP) is 2.99. The van der Waals surface area contributed by atoms with Crippen LogP contribution in [0.4, 0.5) is 13.2 Å². The third-order valence-corrected chi connectivity index (χ3v) is 3.50. The van der Waals surface area contributed by atoms with Gasteiger partial charge in [-0.25, -0.2) is 18.2 Å². The van der Waals surface area contributed by atoms with E-state index in [1.165, 1.54) is 0 Å². The van der Waals surface area contributed by atoms with E-state index in [2.05, 4.69) is 4.98 Å². The van der Waals surface area contributed by atoms with Crippen LogP contribution in [0.1, 0.15) is 10.6 Å². The number of thiazole rings is 1. The SMILES string of the molecule is Cc1nc(-c2c(F)cc(F)cc2F)sc1CN. The molecule has 2 N–H and O–H groups in total. The van der Waals surface area contributed by atoms with E-state index >= 15 is 0 Å². The zero-order chi connectivity index (χ0) is 12.6. The highest BCUT2D eigenvalue weighted by molar-refractivity contribution is 7.15. The van der Waals surface area contributed by atoms with Gasteiger partial charge in [0.1, 0.15) is 22.5 Å². The molecule has 1 aromatic heterocycles. The minimum atomic E-state index is -0.958. The van der Waals surface area contributed by atoms with Crippen LogP contribution in [0.3, 0.4) is 0 Å². The molecule has 2 aromatic rings. The van der Waals surface area contributed by atoms with E-state index in [-0.39, 0.29) is 17.1 Å². The Hall–Kier alpha value is -1.40. The molecule has 1 aromatic carbocycles. The van der Waals surface area contributed by atoms with Crippen molar-refractivity contribution in [2.45, 2.75) is 13.5 Å². The number of hydrogen-bond donors (Lipinski definition) is 1. The fourth-order valence-electron chi connectivity index (χ4n) is 1.47. The first kappa shape index (κ1) is 12.1. The van der Waals surface area contributed by atoms with E-state index in [9.17, 15) is 13.2 Å². The standard InChI is InChI=1S/C11H9F3N2S/c1-5-9(4-15)17-11(16-5)10-7(13)2-6(12)3-8(10)14/h2-3H,4,15H2,1H3. The number of halogens is 3. The van der Waals surface area contributed by atoms with Crippen molar-refractivity contribution in [2.75, 3.05) is 0 Å². The summed E-state index contributed by atoms with van der Waals surface area (Å²) in [5.74, 6) is -2.87. The third-order valence-electron chi connectivity index (χ3n) is 2.30. The summed E-state index contributed by atoms with van der Waals surface area (Å²) in [6, 6.07) is 1.27. The molecule has 0 fully saturated rings. The van der Waals surface area contributed by atoms with Gasteiger partial charge in [0.15, 0.2) is 0 Å². The van der Waals surface area contributed by atoms with E-state index in [4.69, 9.17) is 5.73 Å². The van der Waals surface area contributed by atoms with Crippen molar-refractivity contribution >= 4 is 11.3 Å². The van der Waals surface area contributed by atoms with Crippen LogP contribution in [0.5, 0.6) is 0 Å². The molecule has 0 radical (unpaired) electrons. The van der Waals surface area contributed by atoms with Gasteiger partial charge in [0.25, 0.3) is 0 Å². The fourth-order valence-corrected chi connectivity index (χ4v) is 2.46. The Morgan fingerprint density at radius 2 is 1.82 bits per heavy atom. The number of hydrogen-bond acceptors (Lipinski definition) is 3. The Bertz CT molecular complexity index is 543. The van der Waals surface area contributed by atoms with E-state index in [1.54, 1.807) is 6.92 Å². The molecule has 0 aliphatic rings. The van der Waals surface area contributed by atoms with Crippen molar-refractivity contribution < 1.29 is 13.2 Å². The van der Waals surface area contributed by atoms with Gasteiger partial charge in [-0.2, -0.15) is 0 Å². The van der Waals surface area contributed by atoms with E-state index in [0.29, 0.717) is 17.8 Å². The van der Waals surface area contributed by atoms with E-state index < -0.39 is 17.5 Å². The lowest BCUT2D eigenvalue weighted by Gasteiger charge is -2.01. The molecule has 6 heteroatoms. The Morgan fingerprint density at radius 1 is 1.24 bits per heavy atom. The van der Waals surface area contributed by atoms with Gasteiger partial charge in [-0.3, -0.25) is 0 Å². The van der Waals surface area contributed by atoms with Gasteiger partial charge in [-0.1, -0.05) is 0 Å². The van der Waals surface area contributed by atoms with Crippen molar-refractivity contribution in [3.8, 4) is 10.6 Å². The molecule has 1 heterocycles. The van der Waals surface area contributed by atoms with Crippen LogP contribution >= 0.6 is 11.3 Å². The van der Waals surface area contributed by atoms with Gasteiger partial charge in [-0.15, -0.1) is 11.3 Å². The highest BCUT2D eigenvalue weighted by Gasteiger charge is 2.18.